The van der Waals surface area contributed by atoms with Gasteiger partial charge in [-0.3, -0.25) is 25.0 Å². The molecule has 8 heteroatoms. The van der Waals surface area contributed by atoms with E-state index in [0.717, 1.165) is 25.9 Å². The maximum absolute atomic E-state index is 11.7. The molecule has 0 atom stereocenters. The molecule has 0 saturated carbocycles. The first-order chi connectivity index (χ1) is 8.65. The van der Waals surface area contributed by atoms with Crippen LogP contribution in [-0.2, 0) is 14.4 Å². The van der Waals surface area contributed by atoms with Gasteiger partial charge in [0.05, 0.1) is 19.0 Å². The van der Waals surface area contributed by atoms with E-state index in [1.807, 2.05) is 0 Å². The van der Waals surface area contributed by atoms with Crippen molar-refractivity contribution in [1.82, 2.24) is 16.1 Å². The lowest BCUT2D eigenvalue weighted by Gasteiger charge is -2.19. The summed E-state index contributed by atoms with van der Waals surface area (Å²) in [7, 11) is 0. The maximum Gasteiger partial charge on any atom is 0.243 e. The van der Waals surface area contributed by atoms with Gasteiger partial charge in [0.25, 0.3) is 0 Å². The third-order valence-corrected chi connectivity index (χ3v) is 2.92. The molecule has 0 unspecified atom stereocenters. The molecule has 0 aromatic heterocycles. The maximum atomic E-state index is 11.7. The highest BCUT2D eigenvalue weighted by Gasteiger charge is 2.24. The Morgan fingerprint density at radius 1 is 1.22 bits per heavy atom. The second-order valence-corrected chi connectivity index (χ2v) is 4.35. The Bertz CT molecular complexity index is 382. The van der Waals surface area contributed by atoms with Gasteiger partial charge in [0.15, 0.2) is 0 Å². The minimum absolute atomic E-state index is 0.0213. The fourth-order valence-electron chi connectivity index (χ4n) is 1.98. The van der Waals surface area contributed by atoms with Gasteiger partial charge in [-0.1, -0.05) is 0 Å². The van der Waals surface area contributed by atoms with Crippen molar-refractivity contribution in [3.63, 3.8) is 0 Å². The summed E-state index contributed by atoms with van der Waals surface area (Å²) in [6.45, 7) is 1.87. The van der Waals surface area contributed by atoms with Gasteiger partial charge in [0.1, 0.15) is 6.42 Å². The lowest BCUT2D eigenvalue weighted by Crippen LogP contribution is -2.86. The van der Waals surface area contributed by atoms with Crippen molar-refractivity contribution in [3.05, 3.63) is 0 Å². The summed E-state index contributed by atoms with van der Waals surface area (Å²) in [4.78, 5) is 33.9. The zero-order chi connectivity index (χ0) is 13.0. The molecule has 3 amide bonds. The van der Waals surface area contributed by atoms with Crippen LogP contribution >= 0.6 is 0 Å². The number of piperidine rings is 1. The number of nitrogens with one attached hydrogen (secondary N) is 3. The van der Waals surface area contributed by atoms with E-state index in [0.29, 0.717) is 0 Å². The predicted octanol–water partition coefficient (Wildman–Crippen LogP) is -3.02. The van der Waals surface area contributed by atoms with Crippen LogP contribution in [0.3, 0.4) is 0 Å². The average Bonchev–Trinajstić information content (AvgIpc) is 2.36. The molecule has 0 aromatic rings. The number of hydrogen-bond donors (Lipinski definition) is 4. The Hall–Kier alpha value is -1.96. The van der Waals surface area contributed by atoms with Crippen molar-refractivity contribution >= 4 is 23.7 Å². The van der Waals surface area contributed by atoms with E-state index in [1.54, 1.807) is 0 Å². The molecule has 2 aliphatic rings. The van der Waals surface area contributed by atoms with Crippen LogP contribution in [0.2, 0.25) is 0 Å². The van der Waals surface area contributed by atoms with Crippen LogP contribution in [0.25, 0.3) is 0 Å². The predicted molar refractivity (Wildman–Crippen MR) is 60.9 cm³/mol. The quantitative estimate of drug-likeness (QED) is 0.310. The van der Waals surface area contributed by atoms with Crippen molar-refractivity contribution < 1.29 is 19.7 Å². The summed E-state index contributed by atoms with van der Waals surface area (Å²) in [6.07, 6.45) is 1.41. The van der Waals surface area contributed by atoms with Gasteiger partial charge in [0, 0.05) is 12.8 Å². The molecule has 0 aromatic carbocycles. The van der Waals surface area contributed by atoms with Crippen LogP contribution in [0.4, 0.5) is 0 Å². The van der Waals surface area contributed by atoms with Gasteiger partial charge in [-0.25, -0.2) is 5.43 Å². The van der Waals surface area contributed by atoms with Gasteiger partial charge in [-0.2, -0.15) is 0 Å². The number of nitrogens with two attached hydrogens (primary N) is 1. The summed E-state index contributed by atoms with van der Waals surface area (Å²) in [5.41, 5.74) is 2.37. The lowest BCUT2D eigenvalue weighted by atomic mass is 9.98. The smallest absolute Gasteiger partial charge is 0.243 e. The Balaban J connectivity index is 1.87. The SMILES string of the molecule is O=C1CC(=O)NC(=NNC(=O)C2CC[NH2+]CC2)N1. The molecule has 0 aliphatic carbocycles. The molecule has 2 saturated heterocycles. The first-order valence-corrected chi connectivity index (χ1v) is 5.94. The highest BCUT2D eigenvalue weighted by Crippen LogP contribution is 2.08. The van der Waals surface area contributed by atoms with Gasteiger partial charge in [0.2, 0.25) is 23.7 Å². The van der Waals surface area contributed by atoms with Crippen LogP contribution in [0.15, 0.2) is 5.10 Å². The molecular formula is C10H16N5O3+. The van der Waals surface area contributed by atoms with E-state index >= 15 is 0 Å². The summed E-state index contributed by atoms with van der Waals surface area (Å²) in [5.74, 6) is -1.11. The van der Waals surface area contributed by atoms with Crippen LogP contribution in [-0.4, -0.2) is 36.8 Å². The second kappa shape index (κ2) is 5.58. The van der Waals surface area contributed by atoms with Crippen LogP contribution < -0.4 is 21.4 Å². The molecule has 0 bridgehead atoms. The molecule has 2 rings (SSSR count). The molecule has 2 aliphatic heterocycles. The first-order valence-electron chi connectivity index (χ1n) is 5.94. The fourth-order valence-corrected chi connectivity index (χ4v) is 1.98. The zero-order valence-corrected chi connectivity index (χ0v) is 9.86. The highest BCUT2D eigenvalue weighted by atomic mass is 16.2. The Morgan fingerprint density at radius 3 is 2.44 bits per heavy atom. The average molecular weight is 254 g/mol. The number of nitrogens with zero attached hydrogens (tertiary/aromatic N) is 1. The van der Waals surface area contributed by atoms with E-state index in [4.69, 9.17) is 0 Å². The zero-order valence-electron chi connectivity index (χ0n) is 9.86. The van der Waals surface area contributed by atoms with Crippen molar-refractivity contribution in [2.45, 2.75) is 19.3 Å². The van der Waals surface area contributed by atoms with Gasteiger partial charge in [-0.05, 0) is 0 Å². The van der Waals surface area contributed by atoms with Crippen molar-refractivity contribution in [2.75, 3.05) is 13.1 Å². The minimum atomic E-state index is -0.431. The monoisotopic (exact) mass is 254 g/mol. The summed E-state index contributed by atoms with van der Waals surface area (Å²) in [5, 5.41) is 10.6. The molecule has 98 valence electrons. The standard InChI is InChI=1S/C10H15N5O3/c16-7-5-8(17)13-10(12-7)15-14-9(18)6-1-3-11-4-2-6/h6,11H,1-5H2,(H,14,18)(H2,12,13,15,16,17)/p+1. The lowest BCUT2D eigenvalue weighted by molar-refractivity contribution is -0.664. The van der Waals surface area contributed by atoms with E-state index in [-0.39, 0.29) is 24.2 Å². The third-order valence-electron chi connectivity index (χ3n) is 2.92. The van der Waals surface area contributed by atoms with E-state index < -0.39 is 11.8 Å². The summed E-state index contributed by atoms with van der Waals surface area (Å²) >= 11 is 0. The molecule has 5 N–H and O–H groups in total. The molecule has 2 heterocycles. The number of quaternary nitrogens is 1. The van der Waals surface area contributed by atoms with Gasteiger partial charge >= 0.3 is 0 Å². The second-order valence-electron chi connectivity index (χ2n) is 4.35. The van der Waals surface area contributed by atoms with E-state index in [2.05, 4.69) is 26.5 Å². The van der Waals surface area contributed by atoms with Crippen LogP contribution in [0, 0.1) is 5.92 Å². The normalized spacial score (nSPS) is 21.0. The Kier molecular flexibility index (Phi) is 3.88. The molecule has 0 spiro atoms. The first kappa shape index (κ1) is 12.5. The molecule has 2 fully saturated rings. The van der Waals surface area contributed by atoms with Crippen molar-refractivity contribution in [1.29, 1.82) is 0 Å². The fraction of sp³-hybridized carbons (Fsp3) is 0.600. The topological polar surface area (TPSA) is 116 Å². The number of guanidine groups is 1. The number of amides is 3. The summed E-state index contributed by atoms with van der Waals surface area (Å²) < 4.78 is 0. The van der Waals surface area contributed by atoms with Gasteiger partial charge < -0.3 is 5.32 Å². The molecular weight excluding hydrogens is 238 g/mol. The number of rotatable bonds is 2. The van der Waals surface area contributed by atoms with Crippen LogP contribution in [0.1, 0.15) is 19.3 Å². The Morgan fingerprint density at radius 2 is 1.83 bits per heavy atom. The van der Waals surface area contributed by atoms with E-state index in [1.165, 1.54) is 0 Å². The number of carbonyl (C=O) groups is 3. The largest absolute Gasteiger partial charge is 0.346 e. The third kappa shape index (κ3) is 3.27. The number of carbonyl (C=O) groups excluding carboxylic acids is 3. The Labute approximate surface area is 104 Å². The number of hydrazone groups is 1. The highest BCUT2D eigenvalue weighted by molar-refractivity contribution is 6.15. The van der Waals surface area contributed by atoms with Crippen LogP contribution in [0.5, 0.6) is 0 Å². The van der Waals surface area contributed by atoms with Crippen molar-refractivity contribution in [2.24, 2.45) is 11.0 Å². The molecule has 18 heavy (non-hydrogen) atoms. The van der Waals surface area contributed by atoms with Gasteiger partial charge in [-0.15, -0.1) is 5.10 Å². The molecule has 0 radical (unpaired) electrons. The summed E-state index contributed by atoms with van der Waals surface area (Å²) in [6, 6.07) is 0. The van der Waals surface area contributed by atoms with E-state index in [9.17, 15) is 14.4 Å². The number of hydrogen-bond acceptors (Lipinski definition) is 4. The molecule has 8 nitrogen and oxygen atoms in total. The van der Waals surface area contributed by atoms with Crippen molar-refractivity contribution in [3.8, 4) is 0 Å². The minimum Gasteiger partial charge on any atom is -0.346 e.